The molecule has 0 saturated carbocycles. The summed E-state index contributed by atoms with van der Waals surface area (Å²) in [5.41, 5.74) is 3.91. The molecule has 0 aliphatic rings. The van der Waals surface area contributed by atoms with Crippen LogP contribution in [0.25, 0.3) is 33.1 Å². The van der Waals surface area contributed by atoms with E-state index in [1.54, 1.807) is 0 Å². The highest BCUT2D eigenvalue weighted by Gasteiger charge is 2.15. The highest BCUT2D eigenvalue weighted by molar-refractivity contribution is 6.06. The molecule has 0 fully saturated rings. The van der Waals surface area contributed by atoms with Gasteiger partial charge in [0, 0.05) is 24.4 Å². The van der Waals surface area contributed by atoms with Crippen LogP contribution in [0, 0.1) is 11.6 Å². The first-order valence-corrected chi connectivity index (χ1v) is 9.49. The maximum absolute atomic E-state index is 13.8. The molecule has 5 rings (SSSR count). The van der Waals surface area contributed by atoms with E-state index in [1.165, 1.54) is 6.07 Å². The molecule has 0 atom stereocenters. The van der Waals surface area contributed by atoms with Gasteiger partial charge in [0.2, 0.25) is 5.91 Å². The van der Waals surface area contributed by atoms with Crippen molar-refractivity contribution < 1.29 is 13.6 Å². The molecule has 0 saturated heterocycles. The first-order valence-electron chi connectivity index (χ1n) is 9.49. The molecule has 5 aromatic rings. The van der Waals surface area contributed by atoms with Crippen LogP contribution in [0.5, 0.6) is 0 Å². The summed E-state index contributed by atoms with van der Waals surface area (Å²) < 4.78 is 28.8. The Hall–Kier alpha value is -3.87. The number of halogens is 2. The lowest BCUT2D eigenvalue weighted by Crippen LogP contribution is -2.15. The number of rotatable bonds is 4. The number of aryl methyl sites for hydroxylation is 1. The number of nitrogens with one attached hydrogen (secondary N) is 1. The van der Waals surface area contributed by atoms with Crippen molar-refractivity contribution in [3.63, 3.8) is 0 Å². The van der Waals surface area contributed by atoms with Crippen LogP contribution < -0.4 is 5.32 Å². The molecule has 7 heteroatoms. The van der Waals surface area contributed by atoms with Gasteiger partial charge in [0.1, 0.15) is 17.2 Å². The van der Waals surface area contributed by atoms with E-state index >= 15 is 0 Å². The first-order chi connectivity index (χ1) is 14.6. The highest BCUT2D eigenvalue weighted by atomic mass is 19.1. The number of amides is 1. The molecular formula is C23H16F2N4O. The van der Waals surface area contributed by atoms with Gasteiger partial charge in [-0.3, -0.25) is 4.79 Å². The number of hydrogen-bond donors (Lipinski definition) is 1. The molecule has 0 bridgehead atoms. The molecule has 148 valence electrons. The van der Waals surface area contributed by atoms with Crippen molar-refractivity contribution in [2.45, 2.75) is 13.0 Å². The van der Waals surface area contributed by atoms with E-state index < -0.39 is 11.6 Å². The van der Waals surface area contributed by atoms with Crippen molar-refractivity contribution in [3.8, 4) is 0 Å². The van der Waals surface area contributed by atoms with Crippen LogP contribution in [-0.2, 0) is 11.3 Å². The summed E-state index contributed by atoms with van der Waals surface area (Å²) in [5.74, 6) is -1.88. The Morgan fingerprint density at radius 1 is 0.933 bits per heavy atom. The molecule has 2 heterocycles. The first kappa shape index (κ1) is 18.2. The number of carbonyl (C=O) groups is 1. The average Bonchev–Trinajstić information content (AvgIpc) is 3.05. The SMILES string of the molecule is O=C(CCn1c2ccccc2c2nc3ccccc3nc21)Nc1ccc(F)cc1F. The third-order valence-electron chi connectivity index (χ3n) is 5.03. The number of nitrogens with zero attached hydrogens (tertiary/aromatic N) is 3. The van der Waals surface area contributed by atoms with E-state index in [0.717, 1.165) is 39.6 Å². The van der Waals surface area contributed by atoms with Gasteiger partial charge >= 0.3 is 0 Å². The summed E-state index contributed by atoms with van der Waals surface area (Å²) in [6.07, 6.45) is 0.0963. The second-order valence-electron chi connectivity index (χ2n) is 6.98. The standard InChI is InChI=1S/C23H16F2N4O/c24-14-9-10-17(16(25)13-14)26-21(30)11-12-29-20-8-4-1-5-15(20)22-23(29)28-19-7-3-2-6-18(19)27-22/h1-10,13H,11-12H2,(H,26,30). The Kier molecular flexibility index (Phi) is 4.35. The molecule has 5 nitrogen and oxygen atoms in total. The normalized spacial score (nSPS) is 11.4. The van der Waals surface area contributed by atoms with Crippen molar-refractivity contribution >= 4 is 44.7 Å². The van der Waals surface area contributed by atoms with Gasteiger partial charge in [0.15, 0.2) is 5.65 Å². The fourth-order valence-electron chi connectivity index (χ4n) is 3.63. The monoisotopic (exact) mass is 402 g/mol. The Bertz CT molecular complexity index is 1430. The molecule has 1 amide bonds. The van der Waals surface area contributed by atoms with E-state index in [9.17, 15) is 13.6 Å². The Morgan fingerprint density at radius 2 is 1.67 bits per heavy atom. The largest absolute Gasteiger partial charge is 0.324 e. The van der Waals surface area contributed by atoms with Gasteiger partial charge in [-0.05, 0) is 30.3 Å². The summed E-state index contributed by atoms with van der Waals surface area (Å²) in [4.78, 5) is 21.9. The number of aromatic nitrogens is 3. The van der Waals surface area contributed by atoms with Crippen molar-refractivity contribution in [2.24, 2.45) is 0 Å². The number of fused-ring (bicyclic) bond motifs is 4. The van der Waals surface area contributed by atoms with Crippen LogP contribution in [0.15, 0.2) is 66.7 Å². The van der Waals surface area contributed by atoms with E-state index in [2.05, 4.69) is 5.32 Å². The Morgan fingerprint density at radius 3 is 2.47 bits per heavy atom. The van der Waals surface area contributed by atoms with Crippen molar-refractivity contribution in [1.82, 2.24) is 14.5 Å². The maximum atomic E-state index is 13.8. The van der Waals surface area contributed by atoms with Gasteiger partial charge < -0.3 is 9.88 Å². The highest BCUT2D eigenvalue weighted by Crippen LogP contribution is 2.28. The molecular weight excluding hydrogens is 386 g/mol. The smallest absolute Gasteiger partial charge is 0.226 e. The maximum Gasteiger partial charge on any atom is 0.226 e. The van der Waals surface area contributed by atoms with Crippen molar-refractivity contribution in [2.75, 3.05) is 5.32 Å². The quantitative estimate of drug-likeness (QED) is 0.458. The predicted molar refractivity (Wildman–Crippen MR) is 112 cm³/mol. The summed E-state index contributed by atoms with van der Waals surface area (Å²) in [5, 5.41) is 3.45. The fraction of sp³-hybridized carbons (Fsp3) is 0.0870. The third kappa shape index (κ3) is 3.14. The molecule has 0 unspecified atom stereocenters. The second-order valence-corrected chi connectivity index (χ2v) is 6.98. The molecule has 0 spiro atoms. The molecule has 0 radical (unpaired) electrons. The van der Waals surface area contributed by atoms with Crippen LogP contribution in [0.1, 0.15) is 6.42 Å². The molecule has 30 heavy (non-hydrogen) atoms. The van der Waals surface area contributed by atoms with Gasteiger partial charge in [-0.2, -0.15) is 0 Å². The molecule has 0 aliphatic heterocycles. The summed E-state index contributed by atoms with van der Waals surface area (Å²) in [7, 11) is 0. The van der Waals surface area contributed by atoms with Crippen LogP contribution in [0.2, 0.25) is 0 Å². The number of anilines is 1. The van der Waals surface area contributed by atoms with Gasteiger partial charge in [-0.25, -0.2) is 18.7 Å². The van der Waals surface area contributed by atoms with E-state index in [4.69, 9.17) is 9.97 Å². The molecule has 2 aromatic heterocycles. The van der Waals surface area contributed by atoms with Crippen molar-refractivity contribution in [1.29, 1.82) is 0 Å². The molecule has 0 aliphatic carbocycles. The lowest BCUT2D eigenvalue weighted by Gasteiger charge is -2.09. The summed E-state index contributed by atoms with van der Waals surface area (Å²) in [6.45, 7) is 0.339. The van der Waals surface area contributed by atoms with E-state index in [1.807, 2.05) is 53.1 Å². The van der Waals surface area contributed by atoms with E-state index in [-0.39, 0.29) is 18.0 Å². The minimum absolute atomic E-state index is 0.0468. The second kappa shape index (κ2) is 7.18. The van der Waals surface area contributed by atoms with Crippen molar-refractivity contribution in [3.05, 3.63) is 78.4 Å². The lowest BCUT2D eigenvalue weighted by molar-refractivity contribution is -0.116. The van der Waals surface area contributed by atoms with Crippen LogP contribution >= 0.6 is 0 Å². The van der Waals surface area contributed by atoms with Crippen LogP contribution in [0.3, 0.4) is 0 Å². The van der Waals surface area contributed by atoms with Gasteiger partial charge in [0.25, 0.3) is 0 Å². The van der Waals surface area contributed by atoms with Gasteiger partial charge in [-0.15, -0.1) is 0 Å². The summed E-state index contributed by atoms with van der Waals surface area (Å²) in [6, 6.07) is 18.5. The zero-order chi connectivity index (χ0) is 20.7. The fourth-order valence-corrected chi connectivity index (χ4v) is 3.63. The zero-order valence-corrected chi connectivity index (χ0v) is 15.8. The number of benzene rings is 3. The lowest BCUT2D eigenvalue weighted by atomic mass is 10.2. The topological polar surface area (TPSA) is 59.8 Å². The number of carbonyl (C=O) groups excluding carboxylic acids is 1. The number of hydrogen-bond acceptors (Lipinski definition) is 3. The van der Waals surface area contributed by atoms with Crippen LogP contribution in [-0.4, -0.2) is 20.4 Å². The van der Waals surface area contributed by atoms with E-state index in [0.29, 0.717) is 12.2 Å². The minimum atomic E-state index is -0.808. The van der Waals surface area contributed by atoms with Gasteiger partial charge in [-0.1, -0.05) is 30.3 Å². The Balaban J connectivity index is 1.50. The number of para-hydroxylation sites is 3. The third-order valence-corrected chi connectivity index (χ3v) is 5.03. The predicted octanol–water partition coefficient (Wildman–Crippen LogP) is 5.04. The summed E-state index contributed by atoms with van der Waals surface area (Å²) >= 11 is 0. The Labute approximate surface area is 170 Å². The average molecular weight is 402 g/mol. The zero-order valence-electron chi connectivity index (χ0n) is 15.8. The van der Waals surface area contributed by atoms with Crippen LogP contribution in [0.4, 0.5) is 14.5 Å². The van der Waals surface area contributed by atoms with Gasteiger partial charge in [0.05, 0.1) is 22.2 Å². The minimum Gasteiger partial charge on any atom is -0.324 e. The molecule has 3 aromatic carbocycles. The molecule has 1 N–H and O–H groups in total.